The van der Waals surface area contributed by atoms with Gasteiger partial charge in [-0.1, -0.05) is 12.8 Å². The summed E-state index contributed by atoms with van der Waals surface area (Å²) in [5.41, 5.74) is 1.09. The van der Waals surface area contributed by atoms with Crippen molar-refractivity contribution in [1.29, 1.82) is 0 Å². The number of hydrogen-bond acceptors (Lipinski definition) is 4. The number of sulfone groups is 1. The molecule has 0 radical (unpaired) electrons. The van der Waals surface area contributed by atoms with Crippen LogP contribution in [0.5, 0.6) is 0 Å². The highest BCUT2D eigenvalue weighted by Crippen LogP contribution is 2.26. The number of amides is 1. The Labute approximate surface area is 137 Å². The molecule has 3 rings (SSSR count). The molecule has 1 atom stereocenters. The van der Waals surface area contributed by atoms with Crippen molar-refractivity contribution >= 4 is 15.7 Å². The van der Waals surface area contributed by atoms with Crippen molar-refractivity contribution in [3.05, 3.63) is 18.0 Å². The third kappa shape index (κ3) is 3.76. The van der Waals surface area contributed by atoms with E-state index in [-0.39, 0.29) is 23.0 Å². The molecule has 0 aromatic carbocycles. The van der Waals surface area contributed by atoms with Crippen molar-refractivity contribution in [3.63, 3.8) is 0 Å². The van der Waals surface area contributed by atoms with E-state index in [9.17, 15) is 13.2 Å². The number of aromatic nitrogens is 2. The first-order chi connectivity index (χ1) is 11.0. The highest BCUT2D eigenvalue weighted by molar-refractivity contribution is 7.92. The highest BCUT2D eigenvalue weighted by Gasteiger charge is 2.35. The van der Waals surface area contributed by atoms with E-state index in [2.05, 4.69) is 5.10 Å². The third-order valence-corrected chi connectivity index (χ3v) is 7.13. The lowest BCUT2D eigenvalue weighted by Crippen LogP contribution is -2.42. The monoisotopic (exact) mass is 339 g/mol. The van der Waals surface area contributed by atoms with Crippen LogP contribution in [0.25, 0.3) is 0 Å². The quantitative estimate of drug-likeness (QED) is 0.816. The first kappa shape index (κ1) is 16.5. The zero-order chi connectivity index (χ0) is 16.4. The molecule has 0 unspecified atom stereocenters. The maximum Gasteiger partial charge on any atom is 0.238 e. The van der Waals surface area contributed by atoms with Crippen molar-refractivity contribution < 1.29 is 13.2 Å². The Morgan fingerprint density at radius 1 is 1.26 bits per heavy atom. The second-order valence-electron chi connectivity index (χ2n) is 6.84. The molecule has 1 aliphatic carbocycles. The molecule has 0 spiro atoms. The SMILES string of the molecule is Cc1cnn(C[C@H]2CCCN2C(=O)CS(=O)(=O)C2CCCC2)c1. The fraction of sp³-hybridized carbons (Fsp3) is 0.750. The first-order valence-corrected chi connectivity index (χ1v) is 10.2. The normalized spacial score (nSPS) is 22.8. The molecular weight excluding hydrogens is 314 g/mol. The maximum atomic E-state index is 12.5. The lowest BCUT2D eigenvalue weighted by atomic mass is 10.2. The van der Waals surface area contributed by atoms with Crippen LogP contribution in [0.2, 0.25) is 0 Å². The predicted octanol–water partition coefficient (Wildman–Crippen LogP) is 1.54. The van der Waals surface area contributed by atoms with Gasteiger partial charge in [-0.2, -0.15) is 5.10 Å². The van der Waals surface area contributed by atoms with Crippen molar-refractivity contribution in [3.8, 4) is 0 Å². The Morgan fingerprint density at radius 2 is 2.00 bits per heavy atom. The van der Waals surface area contributed by atoms with E-state index in [0.29, 0.717) is 25.9 Å². The average Bonchev–Trinajstić information content (AvgIpc) is 3.20. The summed E-state index contributed by atoms with van der Waals surface area (Å²) < 4.78 is 26.7. The Kier molecular flexibility index (Phi) is 4.75. The predicted molar refractivity (Wildman–Crippen MR) is 87.7 cm³/mol. The van der Waals surface area contributed by atoms with Gasteiger partial charge in [0.1, 0.15) is 5.75 Å². The largest absolute Gasteiger partial charge is 0.337 e. The number of nitrogens with zero attached hydrogens (tertiary/aromatic N) is 3. The Bertz CT molecular complexity index is 662. The standard InChI is InChI=1S/C16H25N3O3S/c1-13-9-17-18(10-13)11-14-5-4-8-19(14)16(20)12-23(21,22)15-6-2-3-7-15/h9-10,14-15H,2-8,11-12H2,1H3/t14-/m1/s1. The van der Waals surface area contributed by atoms with Gasteiger partial charge in [-0.15, -0.1) is 0 Å². The zero-order valence-electron chi connectivity index (χ0n) is 13.6. The molecule has 128 valence electrons. The van der Waals surface area contributed by atoms with Crippen LogP contribution in [0.15, 0.2) is 12.4 Å². The fourth-order valence-corrected chi connectivity index (χ4v) is 5.55. The van der Waals surface area contributed by atoms with Crippen molar-refractivity contribution in [1.82, 2.24) is 14.7 Å². The lowest BCUT2D eigenvalue weighted by Gasteiger charge is -2.25. The van der Waals surface area contributed by atoms with Crippen molar-refractivity contribution in [2.24, 2.45) is 0 Å². The van der Waals surface area contributed by atoms with E-state index in [1.165, 1.54) is 0 Å². The number of likely N-dealkylation sites (tertiary alicyclic amines) is 1. The van der Waals surface area contributed by atoms with Crippen LogP contribution >= 0.6 is 0 Å². The summed E-state index contributed by atoms with van der Waals surface area (Å²) in [6.07, 6.45) is 8.94. The Morgan fingerprint density at radius 3 is 2.65 bits per heavy atom. The zero-order valence-corrected chi connectivity index (χ0v) is 14.5. The van der Waals surface area contributed by atoms with Crippen LogP contribution in [-0.2, 0) is 21.2 Å². The van der Waals surface area contributed by atoms with Crippen LogP contribution in [0.1, 0.15) is 44.1 Å². The summed E-state index contributed by atoms with van der Waals surface area (Å²) in [5, 5.41) is 3.97. The molecule has 1 aliphatic heterocycles. The lowest BCUT2D eigenvalue weighted by molar-refractivity contribution is -0.129. The fourth-order valence-electron chi connectivity index (χ4n) is 3.76. The van der Waals surface area contributed by atoms with E-state index >= 15 is 0 Å². The minimum absolute atomic E-state index is 0.0561. The second kappa shape index (κ2) is 6.63. The molecule has 2 heterocycles. The van der Waals surface area contributed by atoms with Crippen LogP contribution in [0, 0.1) is 6.92 Å². The molecule has 1 aromatic rings. The summed E-state index contributed by atoms with van der Waals surface area (Å²) in [6.45, 7) is 3.28. The minimum atomic E-state index is -3.30. The summed E-state index contributed by atoms with van der Waals surface area (Å²) >= 11 is 0. The molecule has 1 saturated carbocycles. The smallest absolute Gasteiger partial charge is 0.238 e. The van der Waals surface area contributed by atoms with Gasteiger partial charge in [-0.3, -0.25) is 9.48 Å². The molecule has 2 fully saturated rings. The molecule has 1 amide bonds. The van der Waals surface area contributed by atoms with E-state index in [1.807, 2.05) is 17.8 Å². The van der Waals surface area contributed by atoms with Crippen LogP contribution < -0.4 is 0 Å². The topological polar surface area (TPSA) is 72.3 Å². The van der Waals surface area contributed by atoms with Gasteiger partial charge in [-0.25, -0.2) is 8.42 Å². The molecule has 0 N–H and O–H groups in total. The average molecular weight is 339 g/mol. The minimum Gasteiger partial charge on any atom is -0.337 e. The number of rotatable bonds is 5. The molecule has 6 nitrogen and oxygen atoms in total. The van der Waals surface area contributed by atoms with Gasteiger partial charge in [-0.05, 0) is 38.2 Å². The van der Waals surface area contributed by atoms with Gasteiger partial charge in [0.2, 0.25) is 5.91 Å². The first-order valence-electron chi connectivity index (χ1n) is 8.46. The molecule has 7 heteroatoms. The Balaban J connectivity index is 1.63. The van der Waals surface area contributed by atoms with Gasteiger partial charge in [0.05, 0.1) is 24.0 Å². The van der Waals surface area contributed by atoms with E-state index < -0.39 is 9.84 Å². The van der Waals surface area contributed by atoms with Crippen LogP contribution in [0.4, 0.5) is 0 Å². The second-order valence-corrected chi connectivity index (χ2v) is 9.12. The number of aryl methyl sites for hydroxylation is 1. The molecule has 23 heavy (non-hydrogen) atoms. The van der Waals surface area contributed by atoms with Gasteiger partial charge in [0, 0.05) is 12.7 Å². The summed E-state index contributed by atoms with van der Waals surface area (Å²) in [6, 6.07) is 0.0561. The molecule has 1 saturated heterocycles. The number of carbonyl (C=O) groups is 1. The molecule has 1 aromatic heterocycles. The molecule has 2 aliphatic rings. The van der Waals surface area contributed by atoms with Gasteiger partial charge < -0.3 is 4.90 Å². The van der Waals surface area contributed by atoms with Crippen LogP contribution in [-0.4, -0.2) is 52.6 Å². The maximum absolute atomic E-state index is 12.5. The summed E-state index contributed by atoms with van der Waals surface area (Å²) in [4.78, 5) is 14.3. The third-order valence-electron chi connectivity index (χ3n) is 4.99. The van der Waals surface area contributed by atoms with Gasteiger partial charge in [0.25, 0.3) is 0 Å². The number of carbonyl (C=O) groups excluding carboxylic acids is 1. The number of hydrogen-bond donors (Lipinski definition) is 0. The van der Waals surface area contributed by atoms with Gasteiger partial charge >= 0.3 is 0 Å². The van der Waals surface area contributed by atoms with E-state index in [1.54, 1.807) is 11.1 Å². The van der Waals surface area contributed by atoms with Gasteiger partial charge in [0.15, 0.2) is 9.84 Å². The van der Waals surface area contributed by atoms with E-state index in [4.69, 9.17) is 0 Å². The summed E-state index contributed by atoms with van der Waals surface area (Å²) in [5.74, 6) is -0.560. The highest BCUT2D eigenvalue weighted by atomic mass is 32.2. The van der Waals surface area contributed by atoms with Crippen LogP contribution in [0.3, 0.4) is 0 Å². The van der Waals surface area contributed by atoms with E-state index in [0.717, 1.165) is 31.2 Å². The van der Waals surface area contributed by atoms with Crippen molar-refractivity contribution in [2.75, 3.05) is 12.3 Å². The Hall–Kier alpha value is -1.37. The molecular formula is C16H25N3O3S. The molecule has 0 bridgehead atoms. The van der Waals surface area contributed by atoms with Crippen molar-refractivity contribution in [2.45, 2.75) is 63.3 Å². The summed E-state index contributed by atoms with van der Waals surface area (Å²) in [7, 11) is -3.30.